The van der Waals surface area contributed by atoms with E-state index in [9.17, 15) is 9.59 Å². The van der Waals surface area contributed by atoms with Crippen LogP contribution in [0, 0.1) is 20.8 Å². The van der Waals surface area contributed by atoms with Gasteiger partial charge in [-0.15, -0.1) is 0 Å². The topological polar surface area (TPSA) is 71.5 Å². The number of guanidine groups is 1. The molecule has 35 heavy (non-hydrogen) atoms. The molecule has 0 radical (unpaired) electrons. The Morgan fingerprint density at radius 3 is 2.37 bits per heavy atom. The number of imide groups is 1. The van der Waals surface area contributed by atoms with Crippen LogP contribution in [0.3, 0.4) is 0 Å². The molecule has 2 saturated heterocycles. The third-order valence-electron chi connectivity index (χ3n) is 7.49. The number of nitrogens with one attached hydrogen (secondary N) is 1. The second-order valence-corrected chi connectivity index (χ2v) is 9.94. The Hall–Kier alpha value is -3.39. The molecule has 0 spiro atoms. The first-order valence-electron chi connectivity index (χ1n) is 12.3. The second kappa shape index (κ2) is 9.34. The molecule has 2 aromatic carbocycles. The van der Waals surface area contributed by atoms with Crippen LogP contribution in [0.25, 0.3) is 0 Å². The third kappa shape index (κ3) is 4.50. The summed E-state index contributed by atoms with van der Waals surface area (Å²) in [6.07, 6.45) is -0.513. The first-order chi connectivity index (χ1) is 16.8. The maximum absolute atomic E-state index is 13.0. The van der Waals surface area contributed by atoms with Crippen molar-refractivity contribution >= 4 is 17.9 Å². The Kier molecular flexibility index (Phi) is 6.23. The van der Waals surface area contributed by atoms with Crippen LogP contribution >= 0.6 is 0 Å². The van der Waals surface area contributed by atoms with Crippen LogP contribution in [-0.2, 0) is 17.9 Å². The van der Waals surface area contributed by atoms with Crippen LogP contribution in [0.5, 0.6) is 0 Å². The van der Waals surface area contributed by atoms with Crippen molar-refractivity contribution in [3.8, 4) is 0 Å². The average molecular weight is 475 g/mol. The van der Waals surface area contributed by atoms with Crippen molar-refractivity contribution in [3.63, 3.8) is 0 Å². The lowest BCUT2D eigenvalue weighted by molar-refractivity contribution is -0.127. The number of carbonyl (C=O) groups excluding carboxylic acids is 2. The molecule has 3 amide bonds. The summed E-state index contributed by atoms with van der Waals surface area (Å²) in [6, 6.07) is 14.0. The molecule has 2 unspecified atom stereocenters. The molecule has 3 aliphatic heterocycles. The van der Waals surface area contributed by atoms with Crippen molar-refractivity contribution in [1.82, 2.24) is 24.9 Å². The molecule has 0 aromatic heterocycles. The molecule has 2 fully saturated rings. The van der Waals surface area contributed by atoms with E-state index in [4.69, 9.17) is 4.99 Å². The summed E-state index contributed by atoms with van der Waals surface area (Å²) in [5.41, 5.74) is 6.21. The van der Waals surface area contributed by atoms with Crippen LogP contribution in [0.1, 0.15) is 27.8 Å². The molecular formula is C27H34N6O2. The van der Waals surface area contributed by atoms with Gasteiger partial charge in [0.1, 0.15) is 0 Å². The number of nitrogens with zero attached hydrogens (tertiary/aromatic N) is 5. The van der Waals surface area contributed by atoms with E-state index in [2.05, 4.69) is 83.3 Å². The van der Waals surface area contributed by atoms with Crippen molar-refractivity contribution in [1.29, 1.82) is 0 Å². The Bertz CT molecular complexity index is 1170. The van der Waals surface area contributed by atoms with Crippen molar-refractivity contribution < 1.29 is 9.59 Å². The van der Waals surface area contributed by atoms with E-state index in [0.29, 0.717) is 6.54 Å². The maximum Gasteiger partial charge on any atom is 0.325 e. The monoisotopic (exact) mass is 474 g/mol. The SMILES string of the molecule is Cc1ccc(C)c(CN2C(N3CCN(Cc4ccccc4C)CC3)=NC3C2C(=O)NC(=O)N3C)c1. The number of hydrogen-bond acceptors (Lipinski definition) is 6. The third-order valence-corrected chi connectivity index (χ3v) is 7.49. The quantitative estimate of drug-likeness (QED) is 0.737. The number of rotatable bonds is 4. The molecule has 184 valence electrons. The minimum absolute atomic E-state index is 0.277. The van der Waals surface area contributed by atoms with E-state index < -0.39 is 18.2 Å². The van der Waals surface area contributed by atoms with Crippen LogP contribution in [0.4, 0.5) is 4.79 Å². The Labute approximate surface area is 207 Å². The minimum Gasteiger partial charge on any atom is -0.340 e. The standard InChI is InChI=1S/C27H34N6O2/c1-18-9-10-20(3)22(15-18)17-33-23-24(30(4)27(35)29-25(23)34)28-26(33)32-13-11-31(12-14-32)16-21-8-6-5-7-19(21)2/h5-10,15,23-24H,11-14,16-17H2,1-4H3,(H,29,34,35). The lowest BCUT2D eigenvalue weighted by Crippen LogP contribution is -2.64. The van der Waals surface area contributed by atoms with Crippen molar-refractivity contribution in [2.45, 2.75) is 46.1 Å². The summed E-state index contributed by atoms with van der Waals surface area (Å²) < 4.78 is 0. The molecule has 3 aliphatic rings. The summed E-state index contributed by atoms with van der Waals surface area (Å²) in [7, 11) is 1.71. The first kappa shape index (κ1) is 23.4. The number of amides is 3. The summed E-state index contributed by atoms with van der Waals surface area (Å²) >= 11 is 0. The van der Waals surface area contributed by atoms with Crippen LogP contribution in [-0.4, -0.2) is 82.9 Å². The molecule has 5 rings (SSSR count). The van der Waals surface area contributed by atoms with E-state index in [0.717, 1.165) is 38.7 Å². The zero-order valence-corrected chi connectivity index (χ0v) is 21.0. The molecule has 3 heterocycles. The van der Waals surface area contributed by atoms with E-state index in [1.54, 1.807) is 11.9 Å². The average Bonchev–Trinajstić information content (AvgIpc) is 3.22. The van der Waals surface area contributed by atoms with Crippen LogP contribution in [0.2, 0.25) is 0 Å². The fourth-order valence-corrected chi connectivity index (χ4v) is 5.23. The van der Waals surface area contributed by atoms with Gasteiger partial charge in [0.15, 0.2) is 18.2 Å². The van der Waals surface area contributed by atoms with Gasteiger partial charge in [0.25, 0.3) is 5.91 Å². The first-order valence-corrected chi connectivity index (χ1v) is 12.3. The Morgan fingerprint density at radius 1 is 0.914 bits per heavy atom. The molecule has 1 N–H and O–H groups in total. The zero-order chi connectivity index (χ0) is 24.7. The number of carbonyl (C=O) groups is 2. The molecule has 0 bridgehead atoms. The molecule has 2 atom stereocenters. The van der Waals surface area contributed by atoms with Crippen molar-refractivity contribution in [2.24, 2.45) is 4.99 Å². The number of aliphatic imine (C=N–C) groups is 1. The van der Waals surface area contributed by atoms with Crippen LogP contribution in [0.15, 0.2) is 47.5 Å². The summed E-state index contributed by atoms with van der Waals surface area (Å²) in [5.74, 6) is 0.536. The van der Waals surface area contributed by atoms with Crippen LogP contribution < -0.4 is 5.32 Å². The van der Waals surface area contributed by atoms with E-state index in [-0.39, 0.29) is 5.91 Å². The minimum atomic E-state index is -0.530. The van der Waals surface area contributed by atoms with Gasteiger partial charge in [-0.3, -0.25) is 15.0 Å². The van der Waals surface area contributed by atoms with E-state index >= 15 is 0 Å². The highest BCUT2D eigenvalue weighted by atomic mass is 16.2. The highest BCUT2D eigenvalue weighted by Crippen LogP contribution is 2.29. The Morgan fingerprint density at radius 2 is 1.63 bits per heavy atom. The molecule has 0 aliphatic carbocycles. The predicted molar refractivity (Wildman–Crippen MR) is 136 cm³/mol. The second-order valence-electron chi connectivity index (χ2n) is 9.94. The summed E-state index contributed by atoms with van der Waals surface area (Å²) in [5, 5.41) is 2.51. The van der Waals surface area contributed by atoms with Gasteiger partial charge in [0.2, 0.25) is 0 Å². The number of piperazine rings is 1. The number of aryl methyl sites for hydroxylation is 3. The lowest BCUT2D eigenvalue weighted by Gasteiger charge is -2.40. The molecule has 8 heteroatoms. The molecule has 2 aromatic rings. The fraction of sp³-hybridized carbons (Fsp3) is 0.444. The van der Waals surface area contributed by atoms with Gasteiger partial charge in [-0.1, -0.05) is 48.0 Å². The maximum atomic E-state index is 13.0. The molecule has 8 nitrogen and oxygen atoms in total. The predicted octanol–water partition coefficient (Wildman–Crippen LogP) is 2.48. The van der Waals surface area contributed by atoms with Crippen molar-refractivity contribution in [2.75, 3.05) is 33.2 Å². The molecule has 0 saturated carbocycles. The van der Waals surface area contributed by atoms with Gasteiger partial charge in [0, 0.05) is 46.3 Å². The number of hydrogen-bond donors (Lipinski definition) is 1. The Balaban J connectivity index is 1.37. The molecular weight excluding hydrogens is 440 g/mol. The highest BCUT2D eigenvalue weighted by Gasteiger charge is 2.49. The van der Waals surface area contributed by atoms with Gasteiger partial charge < -0.3 is 14.7 Å². The lowest BCUT2D eigenvalue weighted by atomic mass is 10.0. The fourth-order valence-electron chi connectivity index (χ4n) is 5.23. The van der Waals surface area contributed by atoms with Gasteiger partial charge in [-0.2, -0.15) is 0 Å². The number of benzene rings is 2. The van der Waals surface area contributed by atoms with Gasteiger partial charge in [-0.25, -0.2) is 9.79 Å². The van der Waals surface area contributed by atoms with Crippen molar-refractivity contribution in [3.05, 3.63) is 70.3 Å². The van der Waals surface area contributed by atoms with Gasteiger partial charge >= 0.3 is 6.03 Å². The normalized spacial score (nSPS) is 22.9. The van der Waals surface area contributed by atoms with E-state index in [1.165, 1.54) is 27.8 Å². The number of urea groups is 1. The van der Waals surface area contributed by atoms with Gasteiger partial charge in [0.05, 0.1) is 0 Å². The smallest absolute Gasteiger partial charge is 0.325 e. The van der Waals surface area contributed by atoms with E-state index in [1.807, 2.05) is 0 Å². The number of likely N-dealkylation sites (N-methyl/N-ethyl adjacent to an activating group) is 1. The largest absolute Gasteiger partial charge is 0.340 e. The zero-order valence-electron chi connectivity index (χ0n) is 21.0. The van der Waals surface area contributed by atoms with Gasteiger partial charge in [-0.05, 0) is 43.0 Å². The summed E-state index contributed by atoms with van der Waals surface area (Å²) in [6.45, 7) is 11.3. The summed E-state index contributed by atoms with van der Waals surface area (Å²) in [4.78, 5) is 38.7. The number of fused-ring (bicyclic) bond motifs is 1. The highest BCUT2D eigenvalue weighted by molar-refractivity contribution is 6.03.